The van der Waals surface area contributed by atoms with Gasteiger partial charge in [0.1, 0.15) is 11.6 Å². The van der Waals surface area contributed by atoms with Crippen LogP contribution in [0.4, 0.5) is 10.1 Å². The van der Waals surface area contributed by atoms with Gasteiger partial charge in [-0.05, 0) is 64.5 Å². The van der Waals surface area contributed by atoms with Crippen molar-refractivity contribution in [2.24, 2.45) is 0 Å². The predicted molar refractivity (Wildman–Crippen MR) is 115 cm³/mol. The number of amides is 1. The summed E-state index contributed by atoms with van der Waals surface area (Å²) < 4.78 is 31.7. The molecule has 1 aliphatic carbocycles. The van der Waals surface area contributed by atoms with Gasteiger partial charge in [0.15, 0.2) is 12.6 Å². The van der Waals surface area contributed by atoms with Crippen LogP contribution in [0.25, 0.3) is 0 Å². The lowest BCUT2D eigenvalue weighted by Gasteiger charge is -2.24. The summed E-state index contributed by atoms with van der Waals surface area (Å²) in [7, 11) is 0. The smallest absolute Gasteiger partial charge is 0.259 e. The van der Waals surface area contributed by atoms with E-state index in [-0.39, 0.29) is 22.4 Å². The van der Waals surface area contributed by atoms with Crippen molar-refractivity contribution in [1.82, 2.24) is 0 Å². The highest BCUT2D eigenvalue weighted by molar-refractivity contribution is 6.32. The van der Waals surface area contributed by atoms with Crippen LogP contribution in [-0.2, 0) is 14.3 Å². The van der Waals surface area contributed by atoms with E-state index in [2.05, 4.69) is 0 Å². The first kappa shape index (κ1) is 22.8. The molecule has 0 N–H and O–H groups in total. The zero-order valence-corrected chi connectivity index (χ0v) is 18.7. The number of hydrogen-bond acceptors (Lipinski definition) is 4. The van der Waals surface area contributed by atoms with E-state index in [4.69, 9.17) is 25.8 Å². The fraction of sp³-hybridized carbons (Fsp3) is 0.522. The third kappa shape index (κ3) is 4.71. The molecule has 0 saturated carbocycles. The summed E-state index contributed by atoms with van der Waals surface area (Å²) in [6.07, 6.45) is 5.16. The molecule has 0 saturated heterocycles. The molecular formula is C23H29ClFNO4. The van der Waals surface area contributed by atoms with Crippen LogP contribution in [-0.4, -0.2) is 25.1 Å². The van der Waals surface area contributed by atoms with Gasteiger partial charge < -0.3 is 14.2 Å². The van der Waals surface area contributed by atoms with Crippen LogP contribution in [0.1, 0.15) is 59.8 Å². The second-order valence-electron chi connectivity index (χ2n) is 7.38. The standard InChI is InChI=1S/C23H29ClFNO4/c1-5-9-20-16-10-7-8-11-17(16)23(27)26(20)21-13-22(18(24)12-19(21)25)30-15(4)29-14(3)28-6-2/h9,12-15H,5-8,10-11H2,1-4H3/b20-9+. The van der Waals surface area contributed by atoms with Gasteiger partial charge in [-0.2, -0.15) is 0 Å². The molecule has 5 nitrogen and oxygen atoms in total. The number of benzene rings is 1. The maximum atomic E-state index is 15.0. The Morgan fingerprint density at radius 2 is 1.87 bits per heavy atom. The molecule has 1 heterocycles. The molecule has 0 aromatic heterocycles. The Morgan fingerprint density at radius 1 is 1.17 bits per heavy atom. The first-order valence-corrected chi connectivity index (χ1v) is 10.9. The van der Waals surface area contributed by atoms with E-state index in [1.807, 2.05) is 19.9 Å². The average molecular weight is 438 g/mol. The zero-order chi connectivity index (χ0) is 21.8. The lowest BCUT2D eigenvalue weighted by molar-refractivity contribution is -0.202. The van der Waals surface area contributed by atoms with E-state index >= 15 is 0 Å². The summed E-state index contributed by atoms with van der Waals surface area (Å²) in [5.41, 5.74) is 2.74. The van der Waals surface area contributed by atoms with Crippen LogP contribution >= 0.6 is 11.6 Å². The van der Waals surface area contributed by atoms with E-state index in [1.54, 1.807) is 13.8 Å². The third-order valence-electron chi connectivity index (χ3n) is 5.20. The molecule has 1 aromatic rings. The molecule has 1 amide bonds. The van der Waals surface area contributed by atoms with E-state index < -0.39 is 18.4 Å². The third-order valence-corrected chi connectivity index (χ3v) is 5.49. The second kappa shape index (κ2) is 9.94. The number of allylic oxidation sites excluding steroid dienone is 2. The SMILES string of the molecule is CC/C=C1\C2=C(CCCC2)C(=O)N1c1cc(OC(C)OC(C)OCC)c(Cl)cc1F. The molecule has 1 aromatic carbocycles. The lowest BCUT2D eigenvalue weighted by atomic mass is 9.92. The van der Waals surface area contributed by atoms with Crippen molar-refractivity contribution in [3.63, 3.8) is 0 Å². The van der Waals surface area contributed by atoms with Crippen LogP contribution in [0.15, 0.2) is 35.1 Å². The van der Waals surface area contributed by atoms with Crippen molar-refractivity contribution in [2.75, 3.05) is 11.5 Å². The fourth-order valence-corrected chi connectivity index (χ4v) is 4.18. The lowest BCUT2D eigenvalue weighted by Crippen LogP contribution is -2.27. The molecule has 2 unspecified atom stereocenters. The average Bonchev–Trinajstić information content (AvgIpc) is 2.97. The number of hydrogen-bond donors (Lipinski definition) is 0. The topological polar surface area (TPSA) is 48.0 Å². The number of ether oxygens (including phenoxy) is 3. The quantitative estimate of drug-likeness (QED) is 0.460. The van der Waals surface area contributed by atoms with Crippen LogP contribution in [0.3, 0.4) is 0 Å². The van der Waals surface area contributed by atoms with Crippen molar-refractivity contribution >= 4 is 23.2 Å². The molecule has 0 bridgehead atoms. The minimum absolute atomic E-state index is 0.112. The van der Waals surface area contributed by atoms with E-state index in [0.717, 1.165) is 48.9 Å². The Morgan fingerprint density at radius 3 is 2.53 bits per heavy atom. The van der Waals surface area contributed by atoms with Crippen LogP contribution < -0.4 is 9.64 Å². The molecule has 0 fully saturated rings. The molecule has 0 spiro atoms. The van der Waals surface area contributed by atoms with Gasteiger partial charge in [-0.15, -0.1) is 0 Å². The number of halogens is 2. The number of nitrogens with zero attached hydrogens (tertiary/aromatic N) is 1. The molecule has 0 radical (unpaired) electrons. The predicted octanol–water partition coefficient (Wildman–Crippen LogP) is 6.11. The number of anilines is 1. The summed E-state index contributed by atoms with van der Waals surface area (Å²) in [6.45, 7) is 7.86. The zero-order valence-electron chi connectivity index (χ0n) is 18.0. The van der Waals surface area contributed by atoms with Gasteiger partial charge in [-0.25, -0.2) is 4.39 Å². The Kier molecular flexibility index (Phi) is 7.55. The number of carbonyl (C=O) groups excluding carboxylic acids is 1. The number of rotatable bonds is 8. The van der Waals surface area contributed by atoms with E-state index in [9.17, 15) is 9.18 Å². The normalized spacial score (nSPS) is 20.0. The van der Waals surface area contributed by atoms with Gasteiger partial charge >= 0.3 is 0 Å². The molecule has 2 atom stereocenters. The molecule has 1 aliphatic heterocycles. The van der Waals surface area contributed by atoms with Gasteiger partial charge in [0.05, 0.1) is 10.7 Å². The van der Waals surface area contributed by atoms with Crippen molar-refractivity contribution in [1.29, 1.82) is 0 Å². The largest absolute Gasteiger partial charge is 0.464 e. The first-order chi connectivity index (χ1) is 14.4. The summed E-state index contributed by atoms with van der Waals surface area (Å²) in [5.74, 6) is -0.484. The minimum atomic E-state index is -0.673. The highest BCUT2D eigenvalue weighted by Gasteiger charge is 2.38. The van der Waals surface area contributed by atoms with Gasteiger partial charge in [0.2, 0.25) is 0 Å². The Hall–Kier alpha value is -1.89. The van der Waals surface area contributed by atoms with E-state index in [1.165, 1.54) is 17.0 Å². The Bertz CT molecular complexity index is 867. The molecule has 7 heteroatoms. The summed E-state index contributed by atoms with van der Waals surface area (Å²) >= 11 is 6.23. The maximum absolute atomic E-state index is 15.0. The molecular weight excluding hydrogens is 409 g/mol. The van der Waals surface area contributed by atoms with Crippen molar-refractivity contribution in [2.45, 2.75) is 72.4 Å². The highest BCUT2D eigenvalue weighted by Crippen LogP contribution is 2.44. The second-order valence-corrected chi connectivity index (χ2v) is 7.79. The summed E-state index contributed by atoms with van der Waals surface area (Å²) in [5, 5.41) is 0.112. The molecule has 3 rings (SSSR count). The summed E-state index contributed by atoms with van der Waals surface area (Å²) in [6, 6.07) is 2.65. The molecule has 30 heavy (non-hydrogen) atoms. The maximum Gasteiger partial charge on any atom is 0.259 e. The molecule has 2 aliphatic rings. The Balaban J connectivity index is 1.91. The van der Waals surface area contributed by atoms with Crippen LogP contribution in [0.2, 0.25) is 5.02 Å². The first-order valence-electron chi connectivity index (χ1n) is 10.6. The monoisotopic (exact) mass is 437 g/mol. The molecule has 164 valence electrons. The van der Waals surface area contributed by atoms with Crippen molar-refractivity contribution in [3.8, 4) is 5.75 Å². The highest BCUT2D eigenvalue weighted by atomic mass is 35.5. The van der Waals surface area contributed by atoms with Crippen molar-refractivity contribution < 1.29 is 23.4 Å². The van der Waals surface area contributed by atoms with Gasteiger partial charge in [-0.1, -0.05) is 24.6 Å². The van der Waals surface area contributed by atoms with Crippen LogP contribution in [0, 0.1) is 5.82 Å². The minimum Gasteiger partial charge on any atom is -0.464 e. The fourth-order valence-electron chi connectivity index (χ4n) is 3.98. The van der Waals surface area contributed by atoms with Gasteiger partial charge in [0, 0.05) is 23.9 Å². The van der Waals surface area contributed by atoms with E-state index in [0.29, 0.717) is 6.61 Å². The van der Waals surface area contributed by atoms with Crippen LogP contribution in [0.5, 0.6) is 5.75 Å². The summed E-state index contributed by atoms with van der Waals surface area (Å²) in [4.78, 5) is 14.6. The Labute approximate surface area is 182 Å². The van der Waals surface area contributed by atoms with Gasteiger partial charge in [-0.3, -0.25) is 9.69 Å². The number of carbonyl (C=O) groups is 1. The van der Waals surface area contributed by atoms with Crippen molar-refractivity contribution in [3.05, 3.63) is 45.9 Å². The van der Waals surface area contributed by atoms with Gasteiger partial charge in [0.25, 0.3) is 5.91 Å².